The van der Waals surface area contributed by atoms with E-state index in [1.165, 1.54) is 11.8 Å². The van der Waals surface area contributed by atoms with Crippen LogP contribution in [0.25, 0.3) is 17.4 Å². The molecule has 0 atom stereocenters. The van der Waals surface area contributed by atoms with E-state index in [9.17, 15) is 9.90 Å². The highest BCUT2D eigenvalue weighted by atomic mass is 79.9. The van der Waals surface area contributed by atoms with E-state index in [2.05, 4.69) is 20.9 Å². The molecule has 0 bridgehead atoms. The quantitative estimate of drug-likeness (QED) is 0.367. The van der Waals surface area contributed by atoms with E-state index in [1.807, 2.05) is 67.6 Å². The fraction of sp³-hybridized carbons (Fsp3) is 0.120. The number of thioether (sulfide) groups is 1. The predicted molar refractivity (Wildman–Crippen MR) is 132 cm³/mol. The molecule has 2 heterocycles. The normalized spacial score (nSPS) is 16.2. The van der Waals surface area contributed by atoms with Crippen molar-refractivity contribution >= 4 is 50.5 Å². The highest BCUT2D eigenvalue weighted by Gasteiger charge is 2.33. The van der Waals surface area contributed by atoms with Crippen molar-refractivity contribution in [2.24, 2.45) is 4.99 Å². The van der Waals surface area contributed by atoms with Gasteiger partial charge in [-0.2, -0.15) is 0 Å². The molecule has 4 rings (SSSR count). The van der Waals surface area contributed by atoms with Gasteiger partial charge >= 0.3 is 5.97 Å². The number of hydrogen-bond acceptors (Lipinski definition) is 6. The summed E-state index contributed by atoms with van der Waals surface area (Å²) in [4.78, 5) is 17.5. The minimum Gasteiger partial charge on any atom is -0.506 e. The number of rotatable bonds is 5. The number of carbonyl (C=O) groups excluding carboxylic acids is 1. The maximum absolute atomic E-state index is 12.5. The van der Waals surface area contributed by atoms with Crippen LogP contribution < -0.4 is 0 Å². The van der Waals surface area contributed by atoms with E-state index < -0.39 is 5.97 Å². The molecule has 162 valence electrons. The van der Waals surface area contributed by atoms with Crippen molar-refractivity contribution in [3.63, 3.8) is 0 Å². The Hall–Kier alpha value is -3.03. The SMILES string of the molecule is CCOC(=O)C1=C(O)/C(=C/c2ccc(-c3ccc(C)cc3Br)o2)SC1=Nc1ccccc1. The van der Waals surface area contributed by atoms with Crippen LogP contribution in [0, 0.1) is 6.92 Å². The molecule has 32 heavy (non-hydrogen) atoms. The van der Waals surface area contributed by atoms with Crippen LogP contribution in [0.15, 0.2) is 90.8 Å². The lowest BCUT2D eigenvalue weighted by Crippen LogP contribution is -2.12. The summed E-state index contributed by atoms with van der Waals surface area (Å²) in [7, 11) is 0. The van der Waals surface area contributed by atoms with E-state index in [4.69, 9.17) is 9.15 Å². The first-order valence-corrected chi connectivity index (χ1v) is 11.6. The molecule has 1 aliphatic heterocycles. The molecule has 0 saturated carbocycles. The van der Waals surface area contributed by atoms with E-state index >= 15 is 0 Å². The lowest BCUT2D eigenvalue weighted by molar-refractivity contribution is -0.138. The smallest absolute Gasteiger partial charge is 0.344 e. The maximum atomic E-state index is 12.5. The van der Waals surface area contributed by atoms with Crippen LogP contribution in [0.4, 0.5) is 5.69 Å². The van der Waals surface area contributed by atoms with Gasteiger partial charge in [-0.05, 0) is 61.9 Å². The Bertz CT molecular complexity index is 1260. The number of hydrogen-bond donors (Lipinski definition) is 1. The number of ether oxygens (including phenoxy) is 1. The lowest BCUT2D eigenvalue weighted by Gasteiger charge is -2.03. The predicted octanol–water partition coefficient (Wildman–Crippen LogP) is 7.21. The van der Waals surface area contributed by atoms with Crippen molar-refractivity contribution in [2.75, 3.05) is 6.61 Å². The van der Waals surface area contributed by atoms with Gasteiger partial charge in [-0.25, -0.2) is 9.79 Å². The third-order valence-electron chi connectivity index (χ3n) is 4.65. The number of aliphatic hydroxyl groups is 1. The van der Waals surface area contributed by atoms with Gasteiger partial charge in [0, 0.05) is 10.0 Å². The molecule has 0 fully saturated rings. The van der Waals surface area contributed by atoms with Gasteiger partial charge < -0.3 is 14.3 Å². The summed E-state index contributed by atoms with van der Waals surface area (Å²) in [5.41, 5.74) is 2.80. The number of aliphatic imine (C=N–C) groups is 1. The van der Waals surface area contributed by atoms with Gasteiger partial charge in [0.2, 0.25) is 0 Å². The lowest BCUT2D eigenvalue weighted by atomic mass is 10.1. The molecule has 7 heteroatoms. The van der Waals surface area contributed by atoms with E-state index in [0.29, 0.717) is 27.2 Å². The molecule has 1 N–H and O–H groups in total. The summed E-state index contributed by atoms with van der Waals surface area (Å²) >= 11 is 4.77. The molecule has 0 saturated heterocycles. The largest absolute Gasteiger partial charge is 0.506 e. The number of halogens is 1. The molecule has 0 radical (unpaired) electrons. The van der Waals surface area contributed by atoms with E-state index in [0.717, 1.165) is 15.6 Å². The van der Waals surface area contributed by atoms with Crippen molar-refractivity contribution < 1.29 is 19.1 Å². The number of esters is 1. The monoisotopic (exact) mass is 509 g/mol. The molecule has 0 amide bonds. The van der Waals surface area contributed by atoms with Crippen molar-refractivity contribution in [1.29, 1.82) is 0 Å². The summed E-state index contributed by atoms with van der Waals surface area (Å²) in [6.45, 7) is 3.94. The standard InChI is InChI=1S/C25H20BrNO4S/c1-3-30-25(29)22-23(28)21(32-24(22)27-16-7-5-4-6-8-16)14-17-10-12-20(31-17)18-11-9-15(2)13-19(18)26/h4-14,28H,3H2,1-2H3/b21-14-,27-24?. The first kappa shape index (κ1) is 22.2. The summed E-state index contributed by atoms with van der Waals surface area (Å²) in [5.74, 6) is 0.460. The van der Waals surface area contributed by atoms with E-state index in [1.54, 1.807) is 13.0 Å². The number of benzene rings is 2. The third-order valence-corrected chi connectivity index (χ3v) is 6.32. The summed E-state index contributed by atoms with van der Waals surface area (Å²) in [6, 6.07) is 19.0. The summed E-state index contributed by atoms with van der Waals surface area (Å²) in [5, 5.41) is 11.2. The highest BCUT2D eigenvalue weighted by molar-refractivity contribution is 9.10. The second-order valence-corrected chi connectivity index (χ2v) is 8.88. The Kier molecular flexibility index (Phi) is 6.67. The Labute approximate surface area is 198 Å². The third kappa shape index (κ3) is 4.74. The topological polar surface area (TPSA) is 72.0 Å². The number of carbonyl (C=O) groups is 1. The van der Waals surface area contributed by atoms with Crippen LogP contribution in [-0.4, -0.2) is 22.7 Å². The average Bonchev–Trinajstić information content (AvgIpc) is 3.34. The van der Waals surface area contributed by atoms with Gasteiger partial charge in [0.15, 0.2) is 0 Å². The molecule has 0 aliphatic carbocycles. The van der Waals surface area contributed by atoms with Crippen molar-refractivity contribution in [3.05, 3.63) is 92.7 Å². The van der Waals surface area contributed by atoms with Crippen LogP contribution in [0.5, 0.6) is 0 Å². The molecule has 0 spiro atoms. The van der Waals surface area contributed by atoms with Crippen LogP contribution in [0.1, 0.15) is 18.2 Å². The zero-order valence-electron chi connectivity index (χ0n) is 17.5. The summed E-state index contributed by atoms with van der Waals surface area (Å²) in [6.07, 6.45) is 1.69. The second-order valence-electron chi connectivity index (χ2n) is 6.99. The number of para-hydroxylation sites is 1. The van der Waals surface area contributed by atoms with Gasteiger partial charge in [-0.1, -0.05) is 52.0 Å². The van der Waals surface area contributed by atoms with Crippen molar-refractivity contribution in [2.45, 2.75) is 13.8 Å². The van der Waals surface area contributed by atoms with Crippen LogP contribution in [-0.2, 0) is 9.53 Å². The first-order chi connectivity index (χ1) is 15.5. The molecule has 0 unspecified atom stereocenters. The molecular formula is C25H20BrNO4S. The van der Waals surface area contributed by atoms with Crippen molar-refractivity contribution in [1.82, 2.24) is 0 Å². The average molecular weight is 510 g/mol. The summed E-state index contributed by atoms with van der Waals surface area (Å²) < 4.78 is 12.1. The first-order valence-electron chi connectivity index (χ1n) is 9.97. The highest BCUT2D eigenvalue weighted by Crippen LogP contribution is 2.41. The Morgan fingerprint density at radius 2 is 1.97 bits per heavy atom. The molecule has 2 aromatic carbocycles. The van der Waals surface area contributed by atoms with E-state index in [-0.39, 0.29) is 17.9 Å². The number of aliphatic hydroxyl groups excluding tert-OH is 1. The fourth-order valence-electron chi connectivity index (χ4n) is 3.14. The Morgan fingerprint density at radius 1 is 1.19 bits per heavy atom. The zero-order chi connectivity index (χ0) is 22.7. The Morgan fingerprint density at radius 3 is 2.69 bits per heavy atom. The number of aryl methyl sites for hydroxylation is 1. The zero-order valence-corrected chi connectivity index (χ0v) is 19.9. The Balaban J connectivity index is 1.70. The fourth-order valence-corrected chi connectivity index (χ4v) is 4.84. The van der Waals surface area contributed by atoms with Crippen LogP contribution in [0.2, 0.25) is 0 Å². The minimum atomic E-state index is -0.612. The molecule has 1 aliphatic rings. The maximum Gasteiger partial charge on any atom is 0.344 e. The van der Waals surface area contributed by atoms with Gasteiger partial charge in [0.05, 0.1) is 17.2 Å². The van der Waals surface area contributed by atoms with Gasteiger partial charge in [-0.15, -0.1) is 0 Å². The molecule has 1 aromatic heterocycles. The second kappa shape index (κ2) is 9.63. The van der Waals surface area contributed by atoms with Crippen molar-refractivity contribution in [3.8, 4) is 11.3 Å². The van der Waals surface area contributed by atoms with Gasteiger partial charge in [-0.3, -0.25) is 0 Å². The molecule has 5 nitrogen and oxygen atoms in total. The number of furan rings is 1. The van der Waals surface area contributed by atoms with Crippen LogP contribution in [0.3, 0.4) is 0 Å². The minimum absolute atomic E-state index is 0.0556. The van der Waals surface area contributed by atoms with Gasteiger partial charge in [0.1, 0.15) is 27.9 Å². The van der Waals surface area contributed by atoms with Crippen LogP contribution >= 0.6 is 27.7 Å². The molecule has 3 aromatic rings. The number of nitrogens with zero attached hydrogens (tertiary/aromatic N) is 1. The van der Waals surface area contributed by atoms with Gasteiger partial charge in [0.25, 0.3) is 0 Å². The molecular weight excluding hydrogens is 490 g/mol.